The van der Waals surface area contributed by atoms with Gasteiger partial charge in [-0.3, -0.25) is 9.53 Å². The van der Waals surface area contributed by atoms with Crippen LogP contribution in [-0.2, 0) is 19.0 Å². The molecule has 1 N–H and O–H groups in total. The van der Waals surface area contributed by atoms with Crippen molar-refractivity contribution in [3.63, 3.8) is 0 Å². The minimum absolute atomic E-state index is 0.133. The molecule has 1 amide bonds. The minimum atomic E-state index is -4.67. The minimum Gasteiger partial charge on any atom is -0.484 e. The van der Waals surface area contributed by atoms with E-state index in [4.69, 9.17) is 18.6 Å². The Bertz CT molecular complexity index is 964. The van der Waals surface area contributed by atoms with Crippen molar-refractivity contribution in [2.45, 2.75) is 55.9 Å². The quantitative estimate of drug-likeness (QED) is 0.565. The number of alkyl halides is 3. The number of ether oxygens (including phenoxy) is 4. The number of benzene rings is 1. The maximum absolute atomic E-state index is 12.9. The van der Waals surface area contributed by atoms with Crippen LogP contribution in [0.25, 0.3) is 0 Å². The van der Waals surface area contributed by atoms with Crippen molar-refractivity contribution in [3.8, 4) is 5.75 Å². The number of amides is 1. The number of carbonyl (C=O) groups is 1. The van der Waals surface area contributed by atoms with E-state index in [9.17, 15) is 22.4 Å². The second-order valence-electron chi connectivity index (χ2n) is 8.10. The molecule has 34 heavy (non-hydrogen) atoms. The first-order chi connectivity index (χ1) is 16.2. The molecule has 0 bridgehead atoms. The molecular formula is C21H23F4N3O6. The maximum Gasteiger partial charge on any atom is 0.522 e. The number of carbonyl (C=O) groups excluding carboxylic acids is 1. The molecule has 1 aliphatic carbocycles. The third-order valence-electron chi connectivity index (χ3n) is 5.63. The zero-order valence-corrected chi connectivity index (χ0v) is 18.1. The van der Waals surface area contributed by atoms with Crippen LogP contribution in [-0.4, -0.2) is 61.0 Å². The van der Waals surface area contributed by atoms with E-state index < -0.39 is 30.5 Å². The summed E-state index contributed by atoms with van der Waals surface area (Å²) in [5.41, 5.74) is 0. The van der Waals surface area contributed by atoms with E-state index in [1.165, 1.54) is 31.4 Å². The van der Waals surface area contributed by atoms with Gasteiger partial charge in [-0.15, -0.1) is 23.4 Å². The molecule has 2 aliphatic rings. The summed E-state index contributed by atoms with van der Waals surface area (Å²) in [6, 6.07) is 4.94. The summed E-state index contributed by atoms with van der Waals surface area (Å²) in [5.74, 6) is -0.355. The zero-order valence-electron chi connectivity index (χ0n) is 18.1. The Hall–Kier alpha value is -2.77. The van der Waals surface area contributed by atoms with Crippen LogP contribution in [0.2, 0.25) is 0 Å². The molecule has 1 aromatic heterocycles. The molecular weight excluding hydrogens is 466 g/mol. The molecule has 186 valence electrons. The van der Waals surface area contributed by atoms with Crippen LogP contribution in [0.1, 0.15) is 43.1 Å². The van der Waals surface area contributed by atoms with E-state index in [0.29, 0.717) is 12.2 Å². The highest BCUT2D eigenvalue weighted by atomic mass is 19.4. The van der Waals surface area contributed by atoms with E-state index >= 15 is 0 Å². The summed E-state index contributed by atoms with van der Waals surface area (Å²) >= 11 is 0. The third-order valence-corrected chi connectivity index (χ3v) is 5.63. The molecule has 1 aromatic carbocycles. The highest BCUT2D eigenvalue weighted by Crippen LogP contribution is 2.41. The molecule has 2 aromatic rings. The molecule has 9 nitrogen and oxygen atoms in total. The van der Waals surface area contributed by atoms with Gasteiger partial charge in [0.05, 0.1) is 24.9 Å². The number of rotatable bonds is 8. The lowest BCUT2D eigenvalue weighted by Gasteiger charge is -2.34. The Labute approximate surface area is 191 Å². The summed E-state index contributed by atoms with van der Waals surface area (Å²) in [6.07, 6.45) is -6.12. The number of hydrogen-bond acceptors (Lipinski definition) is 8. The van der Waals surface area contributed by atoms with Gasteiger partial charge in [-0.1, -0.05) is 0 Å². The van der Waals surface area contributed by atoms with E-state index in [1.807, 2.05) is 0 Å². The second-order valence-corrected chi connectivity index (χ2v) is 8.10. The first kappa shape index (κ1) is 24.4. The van der Waals surface area contributed by atoms with Crippen molar-refractivity contribution in [3.05, 3.63) is 41.9 Å². The van der Waals surface area contributed by atoms with Crippen LogP contribution in [0.3, 0.4) is 0 Å². The van der Waals surface area contributed by atoms with Crippen LogP contribution in [0.4, 0.5) is 17.6 Å². The highest BCUT2D eigenvalue weighted by Gasteiger charge is 2.43. The summed E-state index contributed by atoms with van der Waals surface area (Å²) in [4.78, 5) is 12.2. The summed E-state index contributed by atoms with van der Waals surface area (Å²) in [6.45, 7) is -0.105. The molecule has 13 heteroatoms. The van der Waals surface area contributed by atoms with Crippen molar-refractivity contribution in [2.75, 3.05) is 20.3 Å². The van der Waals surface area contributed by atoms with Crippen LogP contribution in [0.5, 0.6) is 5.75 Å². The van der Waals surface area contributed by atoms with E-state index in [2.05, 4.69) is 20.3 Å². The van der Waals surface area contributed by atoms with Gasteiger partial charge in [0, 0.05) is 13.0 Å². The number of hydrogen-bond donors (Lipinski definition) is 1. The van der Waals surface area contributed by atoms with Gasteiger partial charge in [0.15, 0.2) is 12.7 Å². The van der Waals surface area contributed by atoms with E-state index in [1.54, 1.807) is 0 Å². The molecule has 0 radical (unpaired) electrons. The third kappa shape index (κ3) is 6.21. The van der Waals surface area contributed by atoms with Crippen molar-refractivity contribution >= 4 is 5.91 Å². The van der Waals surface area contributed by atoms with Gasteiger partial charge in [0.25, 0.3) is 5.91 Å². The lowest BCUT2D eigenvalue weighted by Crippen LogP contribution is -2.48. The SMILES string of the molecule is CO[C@@H]1C[C@@H](NC(=O)COc2ccc(F)cc2)CO[C@@H]1c1nnc([C@H]2C[C@@H](OC(F)(F)F)C2)o1. The highest BCUT2D eigenvalue weighted by molar-refractivity contribution is 5.77. The topological polar surface area (TPSA) is 105 Å². The van der Waals surface area contributed by atoms with Gasteiger partial charge < -0.3 is 23.9 Å². The maximum atomic E-state index is 12.9. The number of nitrogens with zero attached hydrogens (tertiary/aromatic N) is 2. The fraction of sp³-hybridized carbons (Fsp3) is 0.571. The van der Waals surface area contributed by atoms with Gasteiger partial charge in [-0.2, -0.15) is 0 Å². The Morgan fingerprint density at radius 2 is 1.85 bits per heavy atom. The lowest BCUT2D eigenvalue weighted by atomic mass is 9.82. The van der Waals surface area contributed by atoms with Crippen LogP contribution >= 0.6 is 0 Å². The Morgan fingerprint density at radius 3 is 2.53 bits per heavy atom. The Morgan fingerprint density at radius 1 is 1.15 bits per heavy atom. The molecule has 0 unspecified atom stereocenters. The fourth-order valence-electron chi connectivity index (χ4n) is 3.88. The van der Waals surface area contributed by atoms with Crippen molar-refractivity contribution < 1.29 is 45.7 Å². The monoisotopic (exact) mass is 489 g/mol. The van der Waals surface area contributed by atoms with Crippen LogP contribution < -0.4 is 10.1 Å². The van der Waals surface area contributed by atoms with Crippen molar-refractivity contribution in [2.24, 2.45) is 0 Å². The number of halogens is 4. The van der Waals surface area contributed by atoms with Gasteiger partial charge in [-0.25, -0.2) is 4.39 Å². The largest absolute Gasteiger partial charge is 0.522 e. The fourth-order valence-corrected chi connectivity index (χ4v) is 3.88. The number of aromatic nitrogens is 2. The second kappa shape index (κ2) is 10.2. The van der Waals surface area contributed by atoms with Gasteiger partial charge in [-0.05, 0) is 43.5 Å². The van der Waals surface area contributed by atoms with Crippen molar-refractivity contribution in [1.82, 2.24) is 15.5 Å². The summed E-state index contributed by atoms with van der Waals surface area (Å²) in [7, 11) is 1.48. The van der Waals surface area contributed by atoms with Gasteiger partial charge in [0.2, 0.25) is 11.8 Å². The first-order valence-electron chi connectivity index (χ1n) is 10.6. The number of methoxy groups -OCH3 is 1. The Balaban J connectivity index is 1.25. The normalized spacial score (nSPS) is 27.1. The predicted octanol–water partition coefficient (Wildman–Crippen LogP) is 3.03. The lowest BCUT2D eigenvalue weighted by molar-refractivity contribution is -0.352. The zero-order chi connectivity index (χ0) is 24.3. The smallest absolute Gasteiger partial charge is 0.484 e. The number of nitrogens with one attached hydrogen (secondary N) is 1. The molecule has 1 aliphatic heterocycles. The Kier molecular flexibility index (Phi) is 7.33. The van der Waals surface area contributed by atoms with E-state index in [-0.39, 0.29) is 55.7 Å². The average molecular weight is 489 g/mol. The molecule has 0 spiro atoms. The van der Waals surface area contributed by atoms with E-state index in [0.717, 1.165) is 0 Å². The van der Waals surface area contributed by atoms with Gasteiger partial charge >= 0.3 is 6.36 Å². The predicted molar refractivity (Wildman–Crippen MR) is 105 cm³/mol. The van der Waals surface area contributed by atoms with Gasteiger partial charge in [0.1, 0.15) is 11.6 Å². The molecule has 4 rings (SSSR count). The summed E-state index contributed by atoms with van der Waals surface area (Å²) in [5, 5.41) is 10.7. The molecule has 2 fully saturated rings. The standard InChI is InChI=1S/C21H23F4N3O6/c1-30-16-8-13(26-17(29)10-31-14-4-2-12(22)3-5-14)9-32-18(16)20-28-27-19(33-20)11-6-15(7-11)34-21(23,24)25/h2-5,11,13,15-16,18H,6-10H2,1H3,(H,26,29)/t11-,13-,15+,16-,18+/m1/s1. The average Bonchev–Trinajstić information content (AvgIpc) is 3.24. The first-order valence-corrected chi connectivity index (χ1v) is 10.6. The van der Waals surface area contributed by atoms with Crippen LogP contribution in [0.15, 0.2) is 28.7 Å². The molecule has 1 saturated carbocycles. The molecule has 3 atom stereocenters. The van der Waals surface area contributed by atoms with Crippen LogP contribution in [0, 0.1) is 5.82 Å². The molecule has 2 heterocycles. The van der Waals surface area contributed by atoms with Crippen molar-refractivity contribution in [1.29, 1.82) is 0 Å². The summed E-state index contributed by atoms with van der Waals surface area (Å²) < 4.78 is 76.0. The molecule has 1 saturated heterocycles.